The van der Waals surface area contributed by atoms with E-state index in [0.29, 0.717) is 0 Å². The molecule has 2 heterocycles. The van der Waals surface area contributed by atoms with Gasteiger partial charge in [-0.2, -0.15) is 0 Å². The number of hydrogen-bond donors (Lipinski definition) is 1. The highest BCUT2D eigenvalue weighted by atomic mass is 32.2. The Hall–Kier alpha value is -2.38. The van der Waals surface area contributed by atoms with Gasteiger partial charge in [0.1, 0.15) is 11.9 Å². The van der Waals surface area contributed by atoms with E-state index in [-0.39, 0.29) is 24.7 Å². The first-order valence-corrected chi connectivity index (χ1v) is 12.7. The van der Waals surface area contributed by atoms with E-state index in [1.807, 2.05) is 12.4 Å². The van der Waals surface area contributed by atoms with Crippen molar-refractivity contribution in [3.05, 3.63) is 78.1 Å². The third-order valence-corrected chi connectivity index (χ3v) is 7.72. The molecule has 6 heteroatoms. The van der Waals surface area contributed by atoms with Gasteiger partial charge < -0.3 is 9.84 Å². The summed E-state index contributed by atoms with van der Waals surface area (Å²) >= 11 is 1.69. The largest absolute Gasteiger partial charge is 0.488 e. The normalized spacial score (nSPS) is 19.7. The van der Waals surface area contributed by atoms with Crippen molar-refractivity contribution >= 4 is 11.9 Å². The Morgan fingerprint density at radius 3 is 2.68 bits per heavy atom. The first kappa shape index (κ1) is 24.7. The van der Waals surface area contributed by atoms with Crippen molar-refractivity contribution < 1.29 is 9.84 Å². The predicted octanol–water partition coefficient (Wildman–Crippen LogP) is 5.28. The van der Waals surface area contributed by atoms with E-state index >= 15 is 0 Å². The van der Waals surface area contributed by atoms with Crippen molar-refractivity contribution in [2.75, 3.05) is 26.7 Å². The average molecular weight is 478 g/mol. The van der Waals surface area contributed by atoms with Crippen molar-refractivity contribution in [1.29, 1.82) is 0 Å². The first-order valence-electron chi connectivity index (χ1n) is 11.9. The molecule has 5 nitrogen and oxygen atoms in total. The molecule has 0 amide bonds. The molecular formula is C28H35N3O2S. The summed E-state index contributed by atoms with van der Waals surface area (Å²) in [6.45, 7) is 9.10. The van der Waals surface area contributed by atoms with Gasteiger partial charge in [0.15, 0.2) is 0 Å². The summed E-state index contributed by atoms with van der Waals surface area (Å²) in [6, 6.07) is 19.2. The van der Waals surface area contributed by atoms with Crippen LogP contribution in [0.25, 0.3) is 11.1 Å². The fourth-order valence-corrected chi connectivity index (χ4v) is 5.47. The molecule has 0 spiro atoms. The van der Waals surface area contributed by atoms with E-state index in [1.54, 1.807) is 11.9 Å². The maximum Gasteiger partial charge on any atom is 0.135 e. The molecule has 4 rings (SSSR count). The van der Waals surface area contributed by atoms with Crippen LogP contribution in [0.3, 0.4) is 0 Å². The topological polar surface area (TPSA) is 48.8 Å². The minimum Gasteiger partial charge on any atom is -0.488 e. The van der Waals surface area contributed by atoms with Gasteiger partial charge in [-0.25, -0.2) is 4.31 Å². The zero-order chi connectivity index (χ0) is 24.1. The van der Waals surface area contributed by atoms with Gasteiger partial charge in [0, 0.05) is 44.0 Å². The highest BCUT2D eigenvalue weighted by Crippen LogP contribution is 2.40. The molecule has 1 unspecified atom stereocenters. The summed E-state index contributed by atoms with van der Waals surface area (Å²) in [4.78, 5) is 7.53. The molecule has 0 saturated heterocycles. The van der Waals surface area contributed by atoms with E-state index in [1.165, 1.54) is 16.7 Å². The molecular weight excluding hydrogens is 442 g/mol. The van der Waals surface area contributed by atoms with E-state index in [4.69, 9.17) is 4.74 Å². The van der Waals surface area contributed by atoms with Gasteiger partial charge in [-0.1, -0.05) is 37.3 Å². The van der Waals surface area contributed by atoms with Crippen LogP contribution >= 0.6 is 11.9 Å². The van der Waals surface area contributed by atoms with Crippen LogP contribution < -0.4 is 4.74 Å². The Morgan fingerprint density at radius 1 is 1.18 bits per heavy atom. The summed E-state index contributed by atoms with van der Waals surface area (Å²) in [5.41, 5.74) is 4.88. The number of rotatable bonds is 7. The Bertz CT molecular complexity index is 1080. The quantitative estimate of drug-likeness (QED) is 0.468. The third-order valence-electron chi connectivity index (χ3n) is 6.45. The molecule has 0 radical (unpaired) electrons. The number of ether oxygens (including phenoxy) is 1. The average Bonchev–Trinajstić information content (AvgIpc) is 2.83. The molecule has 0 aliphatic carbocycles. The lowest BCUT2D eigenvalue weighted by Crippen LogP contribution is -2.44. The summed E-state index contributed by atoms with van der Waals surface area (Å²) in [5, 5.41) is 9.88. The predicted molar refractivity (Wildman–Crippen MR) is 140 cm³/mol. The summed E-state index contributed by atoms with van der Waals surface area (Å²) in [5.74, 6) is 1.20. The highest BCUT2D eigenvalue weighted by Gasteiger charge is 2.30. The number of hydrogen-bond acceptors (Lipinski definition) is 6. The number of pyridine rings is 1. The second kappa shape index (κ2) is 11.4. The van der Waals surface area contributed by atoms with Crippen LogP contribution in [0.1, 0.15) is 25.0 Å². The molecule has 180 valence electrons. The van der Waals surface area contributed by atoms with E-state index in [2.05, 4.69) is 96.6 Å². The van der Waals surface area contributed by atoms with Gasteiger partial charge in [0.05, 0.1) is 11.5 Å². The number of aromatic nitrogens is 1. The number of fused-ring (bicyclic) bond motifs is 1. The highest BCUT2D eigenvalue weighted by molar-refractivity contribution is 7.97. The van der Waals surface area contributed by atoms with Crippen LogP contribution in [-0.4, -0.2) is 58.2 Å². The summed E-state index contributed by atoms with van der Waals surface area (Å²) in [6.07, 6.45) is 3.70. The number of aryl methyl sites for hydroxylation is 1. The lowest BCUT2D eigenvalue weighted by molar-refractivity contribution is 0.0769. The van der Waals surface area contributed by atoms with Crippen molar-refractivity contribution in [3.63, 3.8) is 0 Å². The van der Waals surface area contributed by atoms with Crippen molar-refractivity contribution in [2.45, 2.75) is 44.4 Å². The van der Waals surface area contributed by atoms with Gasteiger partial charge in [0.2, 0.25) is 0 Å². The fourth-order valence-electron chi connectivity index (χ4n) is 4.33. The minimum atomic E-state index is 0.0204. The van der Waals surface area contributed by atoms with Gasteiger partial charge in [0.25, 0.3) is 0 Å². The zero-order valence-corrected chi connectivity index (χ0v) is 21.3. The molecule has 2 aromatic carbocycles. The molecule has 0 saturated carbocycles. The molecule has 0 bridgehead atoms. The Balaban J connectivity index is 1.63. The molecule has 3 aromatic rings. The van der Waals surface area contributed by atoms with Crippen LogP contribution in [-0.2, 0) is 6.54 Å². The Morgan fingerprint density at radius 2 is 1.94 bits per heavy atom. The molecule has 34 heavy (non-hydrogen) atoms. The number of nitrogens with zero attached hydrogens (tertiary/aromatic N) is 3. The van der Waals surface area contributed by atoms with Crippen molar-refractivity contribution in [1.82, 2.24) is 14.2 Å². The standard InChI is InChI=1S/C28H35N3O2S/c1-20-7-5-6-8-25(20)24-9-10-28-26(15-24)33-27(21(2)16-31(34-28)22(3)19-32)18-30(4)17-23-11-13-29-14-12-23/h5-15,21-22,27,32H,16-19H2,1-4H3/t21-,22?,27+/m0/s1. The van der Waals surface area contributed by atoms with E-state index in [9.17, 15) is 5.11 Å². The van der Waals surface area contributed by atoms with Gasteiger partial charge in [-0.15, -0.1) is 0 Å². The molecule has 1 aliphatic rings. The van der Waals surface area contributed by atoms with E-state index < -0.39 is 0 Å². The SMILES string of the molecule is Cc1ccccc1-c1ccc2c(c1)O[C@H](CN(C)Cc1ccncc1)[C@@H](C)CN(C(C)CO)S2. The zero-order valence-electron chi connectivity index (χ0n) is 20.5. The van der Waals surface area contributed by atoms with Crippen LogP contribution in [0.4, 0.5) is 0 Å². The maximum absolute atomic E-state index is 9.88. The van der Waals surface area contributed by atoms with Crippen LogP contribution in [0, 0.1) is 12.8 Å². The minimum absolute atomic E-state index is 0.0204. The lowest BCUT2D eigenvalue weighted by Gasteiger charge is -2.37. The number of likely N-dealkylation sites (N-methyl/N-ethyl adjacent to an activating group) is 1. The number of aliphatic hydroxyl groups is 1. The number of benzene rings is 2. The molecule has 1 N–H and O–H groups in total. The lowest BCUT2D eigenvalue weighted by atomic mass is 10.00. The van der Waals surface area contributed by atoms with Crippen LogP contribution in [0.15, 0.2) is 71.9 Å². The summed E-state index contributed by atoms with van der Waals surface area (Å²) in [7, 11) is 2.14. The van der Waals surface area contributed by atoms with Crippen molar-refractivity contribution in [3.8, 4) is 16.9 Å². The molecule has 0 fully saturated rings. The second-order valence-corrected chi connectivity index (χ2v) is 10.5. The summed E-state index contributed by atoms with van der Waals surface area (Å²) < 4.78 is 9.06. The molecule has 3 atom stereocenters. The van der Waals surface area contributed by atoms with Crippen LogP contribution in [0.2, 0.25) is 0 Å². The van der Waals surface area contributed by atoms with Gasteiger partial charge in [-0.3, -0.25) is 9.88 Å². The second-order valence-electron chi connectivity index (χ2n) is 9.38. The first-order chi connectivity index (χ1) is 16.4. The molecule has 1 aliphatic heterocycles. The molecule has 1 aromatic heterocycles. The number of aliphatic hydroxyl groups excluding tert-OH is 1. The van der Waals surface area contributed by atoms with Gasteiger partial charge in [-0.05, 0) is 79.4 Å². The smallest absolute Gasteiger partial charge is 0.135 e. The van der Waals surface area contributed by atoms with E-state index in [0.717, 1.165) is 35.8 Å². The Kier molecular flexibility index (Phi) is 8.27. The third kappa shape index (κ3) is 5.99. The fraction of sp³-hybridized carbons (Fsp3) is 0.393. The maximum atomic E-state index is 9.88. The van der Waals surface area contributed by atoms with Crippen molar-refractivity contribution in [2.24, 2.45) is 5.92 Å². The Labute approximate surface area is 207 Å². The van der Waals surface area contributed by atoms with Crippen LogP contribution in [0.5, 0.6) is 5.75 Å². The van der Waals surface area contributed by atoms with Gasteiger partial charge >= 0.3 is 0 Å². The monoisotopic (exact) mass is 477 g/mol.